The van der Waals surface area contributed by atoms with Gasteiger partial charge in [0.2, 0.25) is 15.0 Å². The quantitative estimate of drug-likeness (QED) is 0.804. The molecule has 0 aliphatic carbocycles. The zero-order chi connectivity index (χ0) is 14.2. The van der Waals surface area contributed by atoms with Gasteiger partial charge in [0, 0.05) is 32.1 Å². The molecule has 3 heterocycles. The summed E-state index contributed by atoms with van der Waals surface area (Å²) in [6, 6.07) is 2.11. The van der Waals surface area contributed by atoms with Crippen LogP contribution in [0.2, 0.25) is 0 Å². The Kier molecular flexibility index (Phi) is 3.57. The number of nitrogens with zero attached hydrogens (tertiary/aromatic N) is 3. The minimum Gasteiger partial charge on any atom is -0.293 e. The maximum absolute atomic E-state index is 11.5. The molecule has 0 N–H and O–H groups in total. The predicted molar refractivity (Wildman–Crippen MR) is 77.3 cm³/mol. The van der Waals surface area contributed by atoms with Crippen LogP contribution in [-0.2, 0) is 29.3 Å². The molecule has 3 rings (SSSR count). The summed E-state index contributed by atoms with van der Waals surface area (Å²) < 4.78 is 23.0. The van der Waals surface area contributed by atoms with Crippen molar-refractivity contribution in [2.75, 3.05) is 12.8 Å². The van der Waals surface area contributed by atoms with E-state index in [4.69, 9.17) is 0 Å². The van der Waals surface area contributed by atoms with Gasteiger partial charge in [-0.3, -0.25) is 4.90 Å². The van der Waals surface area contributed by atoms with Crippen molar-refractivity contribution in [3.63, 3.8) is 0 Å². The number of aromatic nitrogens is 2. The predicted octanol–water partition coefficient (Wildman–Crippen LogP) is 1.50. The van der Waals surface area contributed by atoms with Gasteiger partial charge < -0.3 is 0 Å². The van der Waals surface area contributed by atoms with Gasteiger partial charge in [-0.05, 0) is 34.4 Å². The molecule has 106 valence electrons. The molecule has 2 aromatic heterocycles. The fourth-order valence-electron chi connectivity index (χ4n) is 2.29. The Labute approximate surface area is 122 Å². The van der Waals surface area contributed by atoms with E-state index in [1.807, 2.05) is 0 Å². The van der Waals surface area contributed by atoms with Gasteiger partial charge >= 0.3 is 0 Å². The molecule has 7 heteroatoms. The highest BCUT2D eigenvalue weighted by Crippen LogP contribution is 2.20. The normalized spacial score (nSPS) is 16.1. The van der Waals surface area contributed by atoms with E-state index in [1.165, 1.54) is 5.56 Å². The maximum atomic E-state index is 11.5. The van der Waals surface area contributed by atoms with Gasteiger partial charge in [-0.25, -0.2) is 18.4 Å². The fraction of sp³-hybridized carbons (Fsp3) is 0.385. The molecule has 2 aromatic rings. The van der Waals surface area contributed by atoms with Gasteiger partial charge in [0.05, 0.1) is 5.69 Å². The molecule has 20 heavy (non-hydrogen) atoms. The van der Waals surface area contributed by atoms with Crippen molar-refractivity contribution in [3.8, 4) is 0 Å². The van der Waals surface area contributed by atoms with Crippen LogP contribution in [0.15, 0.2) is 28.2 Å². The van der Waals surface area contributed by atoms with E-state index < -0.39 is 9.84 Å². The van der Waals surface area contributed by atoms with Crippen LogP contribution in [0.25, 0.3) is 0 Å². The molecule has 0 atom stereocenters. The Morgan fingerprint density at radius 1 is 1.45 bits per heavy atom. The zero-order valence-electron chi connectivity index (χ0n) is 11.1. The molecule has 0 saturated heterocycles. The third kappa shape index (κ3) is 2.89. The van der Waals surface area contributed by atoms with Crippen LogP contribution in [0.4, 0.5) is 0 Å². The smallest absolute Gasteiger partial charge is 0.247 e. The van der Waals surface area contributed by atoms with Gasteiger partial charge in [0.15, 0.2) is 0 Å². The van der Waals surface area contributed by atoms with Crippen LogP contribution in [0.5, 0.6) is 0 Å². The second-order valence-electron chi connectivity index (χ2n) is 4.99. The molecule has 0 unspecified atom stereocenters. The van der Waals surface area contributed by atoms with Crippen molar-refractivity contribution in [3.05, 3.63) is 39.8 Å². The van der Waals surface area contributed by atoms with E-state index in [-0.39, 0.29) is 5.16 Å². The molecule has 0 radical (unpaired) electrons. The minimum atomic E-state index is -3.34. The summed E-state index contributed by atoms with van der Waals surface area (Å²) in [4.78, 5) is 10.5. The van der Waals surface area contributed by atoms with E-state index >= 15 is 0 Å². The largest absolute Gasteiger partial charge is 0.293 e. The van der Waals surface area contributed by atoms with Crippen LogP contribution >= 0.6 is 11.3 Å². The van der Waals surface area contributed by atoms with Crippen molar-refractivity contribution in [1.82, 2.24) is 14.9 Å². The molecule has 0 spiro atoms. The third-order valence-electron chi connectivity index (χ3n) is 3.32. The Morgan fingerprint density at radius 3 is 3.00 bits per heavy atom. The summed E-state index contributed by atoms with van der Waals surface area (Å²) in [5.74, 6) is 0. The van der Waals surface area contributed by atoms with Crippen molar-refractivity contribution in [1.29, 1.82) is 0 Å². The first-order valence-electron chi connectivity index (χ1n) is 6.30. The number of hydrogen-bond acceptors (Lipinski definition) is 6. The lowest BCUT2D eigenvalue weighted by Crippen LogP contribution is -2.31. The average Bonchev–Trinajstić information content (AvgIpc) is 2.90. The molecule has 1 aliphatic rings. The van der Waals surface area contributed by atoms with Crippen molar-refractivity contribution < 1.29 is 8.42 Å². The summed E-state index contributed by atoms with van der Waals surface area (Å²) >= 11 is 1.69. The van der Waals surface area contributed by atoms with Gasteiger partial charge in [0.1, 0.15) is 0 Å². The molecule has 1 aliphatic heterocycles. The second-order valence-corrected chi connectivity index (χ2v) is 7.68. The van der Waals surface area contributed by atoms with E-state index in [9.17, 15) is 8.42 Å². The van der Waals surface area contributed by atoms with Gasteiger partial charge in [-0.1, -0.05) is 0 Å². The molecule has 0 saturated carbocycles. The highest BCUT2D eigenvalue weighted by atomic mass is 32.2. The topological polar surface area (TPSA) is 63.2 Å². The monoisotopic (exact) mass is 309 g/mol. The summed E-state index contributed by atoms with van der Waals surface area (Å²) in [5, 5.41) is 4.13. The summed E-state index contributed by atoms with van der Waals surface area (Å²) in [6.07, 6.45) is 3.66. The fourth-order valence-corrected chi connectivity index (χ4v) is 3.47. The number of hydrogen-bond donors (Lipinski definition) is 0. The minimum absolute atomic E-state index is 0.0753. The Balaban J connectivity index is 1.82. The van der Waals surface area contributed by atoms with Crippen molar-refractivity contribution in [2.24, 2.45) is 0 Å². The lowest BCUT2D eigenvalue weighted by molar-refractivity contribution is 0.240. The Hall–Kier alpha value is -1.31. The van der Waals surface area contributed by atoms with Gasteiger partial charge in [-0.15, -0.1) is 0 Å². The van der Waals surface area contributed by atoms with Crippen molar-refractivity contribution in [2.45, 2.75) is 24.7 Å². The standard InChI is InChI=1S/C13H15N3O2S2/c1-20(17,18)13-14-6-11-2-4-16(8-12(11)15-13)7-10-3-5-19-9-10/h3,5-6,9H,2,4,7-8H2,1H3. The van der Waals surface area contributed by atoms with Crippen LogP contribution in [0.3, 0.4) is 0 Å². The molecule has 5 nitrogen and oxygen atoms in total. The van der Waals surface area contributed by atoms with E-state index in [2.05, 4.69) is 31.7 Å². The highest BCUT2D eigenvalue weighted by Gasteiger charge is 2.21. The maximum Gasteiger partial charge on any atom is 0.247 e. The Morgan fingerprint density at radius 2 is 2.30 bits per heavy atom. The van der Waals surface area contributed by atoms with Gasteiger partial charge in [-0.2, -0.15) is 11.3 Å². The first-order valence-corrected chi connectivity index (χ1v) is 9.14. The van der Waals surface area contributed by atoms with Gasteiger partial charge in [0.25, 0.3) is 0 Å². The number of thiophene rings is 1. The van der Waals surface area contributed by atoms with E-state index in [0.717, 1.165) is 37.0 Å². The number of fused-ring (bicyclic) bond motifs is 1. The summed E-state index contributed by atoms with van der Waals surface area (Å²) in [7, 11) is -3.34. The van der Waals surface area contributed by atoms with Crippen LogP contribution in [-0.4, -0.2) is 36.1 Å². The number of sulfone groups is 1. The zero-order valence-corrected chi connectivity index (χ0v) is 12.7. The van der Waals surface area contributed by atoms with Crippen LogP contribution in [0.1, 0.15) is 16.8 Å². The molecule has 0 amide bonds. The number of rotatable bonds is 3. The lowest BCUT2D eigenvalue weighted by atomic mass is 10.1. The van der Waals surface area contributed by atoms with Crippen molar-refractivity contribution >= 4 is 21.2 Å². The SMILES string of the molecule is CS(=O)(=O)c1ncc2c(n1)CN(Cc1ccsc1)CC2. The third-order valence-corrected chi connectivity index (χ3v) is 4.91. The summed E-state index contributed by atoms with van der Waals surface area (Å²) in [6.45, 7) is 2.50. The summed E-state index contributed by atoms with van der Waals surface area (Å²) in [5.41, 5.74) is 3.18. The lowest BCUT2D eigenvalue weighted by Gasteiger charge is -2.27. The molecule has 0 aromatic carbocycles. The van der Waals surface area contributed by atoms with E-state index in [0.29, 0.717) is 6.54 Å². The molecular formula is C13H15N3O2S2. The second kappa shape index (κ2) is 5.23. The molecular weight excluding hydrogens is 294 g/mol. The van der Waals surface area contributed by atoms with E-state index in [1.54, 1.807) is 17.5 Å². The van der Waals surface area contributed by atoms with Crippen LogP contribution in [0, 0.1) is 0 Å². The molecule has 0 bridgehead atoms. The average molecular weight is 309 g/mol. The molecule has 0 fully saturated rings. The first kappa shape index (κ1) is 13.7. The Bertz CT molecular complexity index is 711. The highest BCUT2D eigenvalue weighted by molar-refractivity contribution is 7.90. The van der Waals surface area contributed by atoms with Crippen LogP contribution < -0.4 is 0 Å². The first-order chi connectivity index (χ1) is 9.52.